The third kappa shape index (κ3) is 3.42. The summed E-state index contributed by atoms with van der Waals surface area (Å²) in [6.07, 6.45) is 0. The van der Waals surface area contributed by atoms with Crippen LogP contribution in [0.15, 0.2) is 47.6 Å². The lowest BCUT2D eigenvalue weighted by atomic mass is 10.2. The maximum Gasteiger partial charge on any atom is 0.173 e. The quantitative estimate of drug-likeness (QED) is 0.384. The van der Waals surface area contributed by atoms with Crippen LogP contribution < -0.4 is 15.2 Å². The van der Waals surface area contributed by atoms with Gasteiger partial charge in [0.1, 0.15) is 11.6 Å². The molecule has 6 heteroatoms. The Labute approximate surface area is 121 Å². The zero-order valence-electron chi connectivity index (χ0n) is 11.4. The molecule has 0 saturated heterocycles. The average Bonchev–Trinajstić information content (AvgIpc) is 2.50. The first-order chi connectivity index (χ1) is 10.2. The van der Waals surface area contributed by atoms with E-state index in [2.05, 4.69) is 5.16 Å². The van der Waals surface area contributed by atoms with Crippen LogP contribution in [0.5, 0.6) is 17.2 Å². The molecule has 0 amide bonds. The third-order valence-electron chi connectivity index (χ3n) is 2.69. The van der Waals surface area contributed by atoms with Gasteiger partial charge in [-0.3, -0.25) is 0 Å². The molecule has 0 aliphatic heterocycles. The van der Waals surface area contributed by atoms with Gasteiger partial charge in [-0.1, -0.05) is 17.3 Å². The van der Waals surface area contributed by atoms with E-state index in [1.54, 1.807) is 18.2 Å². The lowest BCUT2D eigenvalue weighted by Crippen LogP contribution is -2.14. The zero-order valence-corrected chi connectivity index (χ0v) is 11.4. The highest BCUT2D eigenvalue weighted by Gasteiger charge is 2.13. The van der Waals surface area contributed by atoms with Gasteiger partial charge in [0.05, 0.1) is 12.2 Å². The highest BCUT2D eigenvalue weighted by Crippen LogP contribution is 2.33. The number of nitrogens with two attached hydrogens (primary N) is 1. The first-order valence-corrected chi connectivity index (χ1v) is 6.32. The van der Waals surface area contributed by atoms with E-state index >= 15 is 0 Å². The highest BCUT2D eigenvalue weighted by atomic mass is 19.1. The number of amidine groups is 1. The van der Waals surface area contributed by atoms with Crippen LogP contribution in [0.4, 0.5) is 4.39 Å². The molecule has 0 spiro atoms. The second-order valence-corrected chi connectivity index (χ2v) is 4.11. The van der Waals surface area contributed by atoms with Gasteiger partial charge in [0.15, 0.2) is 17.3 Å². The van der Waals surface area contributed by atoms with Crippen molar-refractivity contribution in [2.24, 2.45) is 10.9 Å². The number of para-hydroxylation sites is 2. The molecule has 3 N–H and O–H groups in total. The first kappa shape index (κ1) is 14.6. The van der Waals surface area contributed by atoms with Crippen molar-refractivity contribution in [1.29, 1.82) is 0 Å². The van der Waals surface area contributed by atoms with Crippen molar-refractivity contribution in [3.8, 4) is 17.2 Å². The number of ether oxygens (including phenoxy) is 2. The number of oxime groups is 1. The third-order valence-corrected chi connectivity index (χ3v) is 2.69. The Morgan fingerprint density at radius 3 is 2.57 bits per heavy atom. The number of benzene rings is 2. The number of nitrogens with zero attached hydrogens (tertiary/aromatic N) is 1. The monoisotopic (exact) mass is 290 g/mol. The van der Waals surface area contributed by atoms with Gasteiger partial charge in [-0.15, -0.1) is 0 Å². The van der Waals surface area contributed by atoms with Gasteiger partial charge >= 0.3 is 0 Å². The van der Waals surface area contributed by atoms with Crippen LogP contribution in [0.3, 0.4) is 0 Å². The fourth-order valence-electron chi connectivity index (χ4n) is 1.77. The van der Waals surface area contributed by atoms with E-state index in [0.717, 1.165) is 6.07 Å². The lowest BCUT2D eigenvalue weighted by molar-refractivity contribution is 0.317. The summed E-state index contributed by atoms with van der Waals surface area (Å²) in [5, 5.41) is 11.6. The first-order valence-electron chi connectivity index (χ1n) is 6.32. The van der Waals surface area contributed by atoms with Crippen molar-refractivity contribution >= 4 is 5.84 Å². The van der Waals surface area contributed by atoms with Crippen molar-refractivity contribution < 1.29 is 19.1 Å². The molecule has 5 nitrogen and oxygen atoms in total. The van der Waals surface area contributed by atoms with E-state index in [4.69, 9.17) is 20.4 Å². The Morgan fingerprint density at radius 1 is 1.19 bits per heavy atom. The molecular weight excluding hydrogens is 275 g/mol. The van der Waals surface area contributed by atoms with Gasteiger partial charge < -0.3 is 20.4 Å². The molecule has 0 aliphatic rings. The minimum atomic E-state index is -0.512. The summed E-state index contributed by atoms with van der Waals surface area (Å²) in [7, 11) is 0. The van der Waals surface area contributed by atoms with E-state index in [-0.39, 0.29) is 17.1 Å². The van der Waals surface area contributed by atoms with Gasteiger partial charge in [0.25, 0.3) is 0 Å². The lowest BCUT2D eigenvalue weighted by Gasteiger charge is -2.13. The second-order valence-electron chi connectivity index (χ2n) is 4.11. The molecule has 0 aromatic heterocycles. The molecule has 0 heterocycles. The zero-order chi connectivity index (χ0) is 15.2. The molecule has 0 atom stereocenters. The fourth-order valence-corrected chi connectivity index (χ4v) is 1.77. The number of rotatable bonds is 5. The average molecular weight is 290 g/mol. The van der Waals surface area contributed by atoms with Crippen LogP contribution in [0.2, 0.25) is 0 Å². The Kier molecular flexibility index (Phi) is 4.61. The fraction of sp³-hybridized carbons (Fsp3) is 0.133. The number of hydrogen-bond donors (Lipinski definition) is 2. The summed E-state index contributed by atoms with van der Waals surface area (Å²) < 4.78 is 24.5. The molecule has 0 fully saturated rings. The molecule has 2 aromatic rings. The van der Waals surface area contributed by atoms with Crippen molar-refractivity contribution in [1.82, 2.24) is 0 Å². The SMILES string of the molecule is CCOc1ccccc1Oc1ccc(F)cc1C(N)=NO. The second kappa shape index (κ2) is 6.60. The van der Waals surface area contributed by atoms with Gasteiger partial charge in [0.2, 0.25) is 0 Å². The molecule has 0 aliphatic carbocycles. The maximum absolute atomic E-state index is 13.3. The summed E-state index contributed by atoms with van der Waals surface area (Å²) in [6, 6.07) is 10.8. The number of hydrogen-bond acceptors (Lipinski definition) is 4. The summed E-state index contributed by atoms with van der Waals surface area (Å²) in [5.74, 6) is 0.520. The molecule has 0 saturated carbocycles. The Balaban J connectivity index is 2.40. The topological polar surface area (TPSA) is 77.1 Å². The minimum Gasteiger partial charge on any atom is -0.490 e. The Bertz CT molecular complexity index is 659. The Morgan fingerprint density at radius 2 is 1.90 bits per heavy atom. The van der Waals surface area contributed by atoms with Crippen molar-refractivity contribution in [2.75, 3.05) is 6.61 Å². The molecule has 21 heavy (non-hydrogen) atoms. The van der Waals surface area contributed by atoms with Crippen molar-refractivity contribution in [2.45, 2.75) is 6.92 Å². The predicted octanol–water partition coefficient (Wildman–Crippen LogP) is 3.11. The van der Waals surface area contributed by atoms with E-state index in [9.17, 15) is 4.39 Å². The standard InChI is InChI=1S/C15H15FN2O3/c1-2-20-13-5-3-4-6-14(13)21-12-8-7-10(16)9-11(12)15(17)18-19/h3-9,19H,2H2,1H3,(H2,17,18). The largest absolute Gasteiger partial charge is 0.490 e. The molecule has 2 aromatic carbocycles. The van der Waals surface area contributed by atoms with Gasteiger partial charge in [-0.05, 0) is 37.3 Å². The van der Waals surface area contributed by atoms with Gasteiger partial charge in [-0.25, -0.2) is 4.39 Å². The van der Waals surface area contributed by atoms with E-state index in [1.165, 1.54) is 12.1 Å². The molecule has 0 bridgehead atoms. The molecule has 2 rings (SSSR count). The van der Waals surface area contributed by atoms with Gasteiger partial charge in [0, 0.05) is 0 Å². The van der Waals surface area contributed by atoms with E-state index in [1.807, 2.05) is 13.0 Å². The van der Waals surface area contributed by atoms with Gasteiger partial charge in [-0.2, -0.15) is 0 Å². The Hall–Kier alpha value is -2.76. The van der Waals surface area contributed by atoms with Crippen LogP contribution in [-0.4, -0.2) is 17.6 Å². The summed E-state index contributed by atoms with van der Waals surface area (Å²) in [6.45, 7) is 2.34. The predicted molar refractivity (Wildman–Crippen MR) is 76.6 cm³/mol. The minimum absolute atomic E-state index is 0.156. The summed E-state index contributed by atoms with van der Waals surface area (Å²) in [5.41, 5.74) is 5.69. The van der Waals surface area contributed by atoms with Crippen LogP contribution >= 0.6 is 0 Å². The van der Waals surface area contributed by atoms with Crippen LogP contribution in [0.25, 0.3) is 0 Å². The maximum atomic E-state index is 13.3. The van der Waals surface area contributed by atoms with E-state index < -0.39 is 5.82 Å². The molecule has 0 radical (unpaired) electrons. The van der Waals surface area contributed by atoms with Crippen molar-refractivity contribution in [3.05, 3.63) is 53.8 Å². The molecule has 0 unspecified atom stereocenters. The van der Waals surface area contributed by atoms with E-state index in [0.29, 0.717) is 18.1 Å². The van der Waals surface area contributed by atoms with Crippen LogP contribution in [-0.2, 0) is 0 Å². The summed E-state index contributed by atoms with van der Waals surface area (Å²) in [4.78, 5) is 0. The summed E-state index contributed by atoms with van der Waals surface area (Å²) >= 11 is 0. The smallest absolute Gasteiger partial charge is 0.173 e. The highest BCUT2D eigenvalue weighted by molar-refractivity contribution is 5.99. The van der Waals surface area contributed by atoms with Crippen LogP contribution in [0, 0.1) is 5.82 Å². The normalized spacial score (nSPS) is 11.2. The molecular formula is C15H15FN2O3. The van der Waals surface area contributed by atoms with Crippen LogP contribution in [0.1, 0.15) is 12.5 Å². The number of halogens is 1. The molecule has 110 valence electrons. The van der Waals surface area contributed by atoms with Crippen molar-refractivity contribution in [3.63, 3.8) is 0 Å².